The topological polar surface area (TPSA) is 124 Å². The summed E-state index contributed by atoms with van der Waals surface area (Å²) in [5.41, 5.74) is -2.45. The number of aliphatic hydroxyl groups is 4. The van der Waals surface area contributed by atoms with Gasteiger partial charge in [0.15, 0.2) is 5.78 Å². The molecule has 0 saturated heterocycles. The van der Waals surface area contributed by atoms with Gasteiger partial charge in [-0.25, -0.2) is 0 Å². The number of ketones is 1. The highest BCUT2D eigenvalue weighted by Crippen LogP contribution is 2.68. The molecule has 10 atom stereocenters. The summed E-state index contributed by atoms with van der Waals surface area (Å²) in [4.78, 5) is 25.2. The summed E-state index contributed by atoms with van der Waals surface area (Å²) in [6, 6.07) is 0. The van der Waals surface area contributed by atoms with Gasteiger partial charge in [-0.05, 0) is 86.7 Å². The SMILES string of the molecule is C=C(CC(O)C(C)(O)C1CCC2(O)C3=CC(=O)C4CC(O)C(OC(C)=O)CC4(C)C3CCC12C)C(C)C. The lowest BCUT2D eigenvalue weighted by Crippen LogP contribution is -2.63. The van der Waals surface area contributed by atoms with Gasteiger partial charge in [0, 0.05) is 18.3 Å². The molecule has 0 aromatic carbocycles. The van der Waals surface area contributed by atoms with E-state index in [2.05, 4.69) is 6.58 Å². The van der Waals surface area contributed by atoms with Crippen LogP contribution in [0.2, 0.25) is 0 Å². The van der Waals surface area contributed by atoms with Crippen molar-refractivity contribution in [2.45, 2.75) is 116 Å². The van der Waals surface area contributed by atoms with E-state index in [0.717, 1.165) is 5.57 Å². The molecule has 208 valence electrons. The Hall–Kier alpha value is -1.54. The molecule has 0 bridgehead atoms. The average molecular weight is 519 g/mol. The van der Waals surface area contributed by atoms with E-state index in [1.807, 2.05) is 27.7 Å². The van der Waals surface area contributed by atoms with Crippen molar-refractivity contribution in [1.82, 2.24) is 0 Å². The number of allylic oxidation sites excluding steroid dienone is 1. The number of esters is 1. The number of carbonyl (C=O) groups excluding carboxylic acids is 2. The third-order valence-electron chi connectivity index (χ3n) is 11.1. The van der Waals surface area contributed by atoms with Crippen LogP contribution in [0, 0.1) is 34.5 Å². The van der Waals surface area contributed by atoms with Gasteiger partial charge in [0.05, 0.1) is 23.4 Å². The van der Waals surface area contributed by atoms with Crippen LogP contribution in [0.3, 0.4) is 0 Å². The van der Waals surface area contributed by atoms with E-state index in [0.29, 0.717) is 44.1 Å². The van der Waals surface area contributed by atoms with Crippen LogP contribution >= 0.6 is 0 Å². The van der Waals surface area contributed by atoms with Gasteiger partial charge in [-0.2, -0.15) is 0 Å². The molecular formula is C30H46O7. The Morgan fingerprint density at radius 3 is 2.49 bits per heavy atom. The van der Waals surface area contributed by atoms with Crippen LogP contribution in [-0.4, -0.2) is 61.7 Å². The first-order chi connectivity index (χ1) is 17.0. The standard InChI is InChI=1S/C30H46O7/c1-16(2)17(3)12-26(34)29(7,35)25-9-11-30(36)20-13-22(32)21-14-23(33)24(37-18(4)31)15-27(21,5)19(20)8-10-28(25,30)6/h13,16,19,21,23-26,33-36H,3,8-12,14-15H2,1-2,4-7H3. The molecule has 10 unspecified atom stereocenters. The van der Waals surface area contributed by atoms with Gasteiger partial charge in [-0.15, -0.1) is 0 Å². The minimum atomic E-state index is -1.44. The first-order valence-corrected chi connectivity index (χ1v) is 13.9. The summed E-state index contributed by atoms with van der Waals surface area (Å²) in [5, 5.41) is 45.8. The van der Waals surface area contributed by atoms with Crippen molar-refractivity contribution in [3.05, 3.63) is 23.8 Å². The molecule has 7 nitrogen and oxygen atoms in total. The molecule has 7 heteroatoms. The van der Waals surface area contributed by atoms with Gasteiger partial charge >= 0.3 is 5.97 Å². The van der Waals surface area contributed by atoms with E-state index in [4.69, 9.17) is 4.74 Å². The highest BCUT2D eigenvalue weighted by Gasteiger charge is 2.69. The Bertz CT molecular complexity index is 998. The summed E-state index contributed by atoms with van der Waals surface area (Å²) in [7, 11) is 0. The predicted molar refractivity (Wildman–Crippen MR) is 139 cm³/mol. The molecule has 0 aromatic rings. The molecular weight excluding hydrogens is 472 g/mol. The fourth-order valence-electron chi connectivity index (χ4n) is 8.54. The molecule has 4 rings (SSSR count). The lowest BCUT2D eigenvalue weighted by Gasteiger charge is -2.60. The normalized spacial score (nSPS) is 43.7. The molecule has 37 heavy (non-hydrogen) atoms. The molecule has 0 amide bonds. The minimum Gasteiger partial charge on any atom is -0.460 e. The third-order valence-corrected chi connectivity index (χ3v) is 11.1. The monoisotopic (exact) mass is 518 g/mol. The van der Waals surface area contributed by atoms with E-state index >= 15 is 0 Å². The largest absolute Gasteiger partial charge is 0.460 e. The number of hydrogen-bond acceptors (Lipinski definition) is 7. The van der Waals surface area contributed by atoms with Crippen molar-refractivity contribution in [3.8, 4) is 0 Å². The van der Waals surface area contributed by atoms with Crippen LogP contribution in [-0.2, 0) is 14.3 Å². The number of hydrogen-bond donors (Lipinski definition) is 4. The number of fused-ring (bicyclic) bond motifs is 5. The summed E-state index contributed by atoms with van der Waals surface area (Å²) in [6.45, 7) is 15.1. The lowest BCUT2D eigenvalue weighted by molar-refractivity contribution is -0.181. The highest BCUT2D eigenvalue weighted by atomic mass is 16.6. The van der Waals surface area contributed by atoms with Crippen LogP contribution in [0.25, 0.3) is 0 Å². The molecule has 0 radical (unpaired) electrons. The lowest BCUT2D eigenvalue weighted by atomic mass is 9.45. The van der Waals surface area contributed by atoms with Crippen LogP contribution in [0.4, 0.5) is 0 Å². The molecule has 0 aromatic heterocycles. The quantitative estimate of drug-likeness (QED) is 0.313. The fraction of sp³-hybridized carbons (Fsp3) is 0.800. The highest BCUT2D eigenvalue weighted by molar-refractivity contribution is 5.95. The van der Waals surface area contributed by atoms with Crippen LogP contribution < -0.4 is 0 Å². The van der Waals surface area contributed by atoms with Crippen molar-refractivity contribution in [1.29, 1.82) is 0 Å². The minimum absolute atomic E-state index is 0.102. The van der Waals surface area contributed by atoms with E-state index in [-0.39, 0.29) is 30.0 Å². The number of aliphatic hydroxyl groups excluding tert-OH is 2. The van der Waals surface area contributed by atoms with Gasteiger partial charge < -0.3 is 25.2 Å². The molecule has 0 heterocycles. The molecule has 4 aliphatic carbocycles. The Kier molecular flexibility index (Phi) is 7.14. The second-order valence-electron chi connectivity index (χ2n) is 13.4. The Morgan fingerprint density at radius 2 is 1.89 bits per heavy atom. The maximum Gasteiger partial charge on any atom is 0.302 e. The maximum absolute atomic E-state index is 13.5. The van der Waals surface area contributed by atoms with E-state index in [9.17, 15) is 30.0 Å². The zero-order valence-corrected chi connectivity index (χ0v) is 23.3. The number of carbonyl (C=O) groups is 2. The smallest absolute Gasteiger partial charge is 0.302 e. The van der Waals surface area contributed by atoms with Gasteiger partial charge in [0.25, 0.3) is 0 Å². The van der Waals surface area contributed by atoms with Crippen molar-refractivity contribution in [3.63, 3.8) is 0 Å². The number of rotatable bonds is 6. The Balaban J connectivity index is 1.67. The zero-order chi connectivity index (χ0) is 27.7. The summed E-state index contributed by atoms with van der Waals surface area (Å²) in [5.74, 6) is -1.25. The molecule has 0 aliphatic heterocycles. The third kappa shape index (κ3) is 4.25. The maximum atomic E-state index is 13.5. The second kappa shape index (κ2) is 9.29. The zero-order valence-electron chi connectivity index (χ0n) is 23.3. The molecule has 4 aliphatic rings. The molecule has 0 spiro atoms. The van der Waals surface area contributed by atoms with Crippen molar-refractivity contribution < 1.29 is 34.8 Å². The van der Waals surface area contributed by atoms with Crippen molar-refractivity contribution in [2.75, 3.05) is 0 Å². The summed E-state index contributed by atoms with van der Waals surface area (Å²) < 4.78 is 5.45. The molecule has 3 saturated carbocycles. The van der Waals surface area contributed by atoms with Crippen LogP contribution in [0.1, 0.15) is 86.5 Å². The van der Waals surface area contributed by atoms with Gasteiger partial charge in [-0.1, -0.05) is 39.8 Å². The van der Waals surface area contributed by atoms with E-state index < -0.39 is 52.2 Å². The van der Waals surface area contributed by atoms with Gasteiger partial charge in [0.2, 0.25) is 0 Å². The average Bonchev–Trinajstić information content (AvgIpc) is 3.07. The Labute approximate surface area is 221 Å². The first-order valence-electron chi connectivity index (χ1n) is 13.9. The Morgan fingerprint density at radius 1 is 1.24 bits per heavy atom. The summed E-state index contributed by atoms with van der Waals surface area (Å²) >= 11 is 0. The number of ether oxygens (including phenoxy) is 1. The fourth-order valence-corrected chi connectivity index (χ4v) is 8.54. The van der Waals surface area contributed by atoms with Gasteiger partial charge in [0.1, 0.15) is 6.10 Å². The van der Waals surface area contributed by atoms with Crippen LogP contribution in [0.15, 0.2) is 23.8 Å². The molecule has 4 N–H and O–H groups in total. The second-order valence-corrected chi connectivity index (χ2v) is 13.4. The van der Waals surface area contributed by atoms with Crippen molar-refractivity contribution >= 4 is 11.8 Å². The summed E-state index contributed by atoms with van der Waals surface area (Å²) in [6.07, 6.45) is 2.14. The van der Waals surface area contributed by atoms with E-state index in [1.165, 1.54) is 6.92 Å². The van der Waals surface area contributed by atoms with E-state index in [1.54, 1.807) is 13.0 Å². The first kappa shape index (κ1) is 28.5. The van der Waals surface area contributed by atoms with Crippen LogP contribution in [0.5, 0.6) is 0 Å². The van der Waals surface area contributed by atoms with Crippen molar-refractivity contribution in [2.24, 2.45) is 34.5 Å². The predicted octanol–water partition coefficient (Wildman–Crippen LogP) is 3.48. The van der Waals surface area contributed by atoms with Gasteiger partial charge in [-0.3, -0.25) is 9.59 Å². The molecule has 3 fully saturated rings.